The van der Waals surface area contributed by atoms with Crippen LogP contribution in [0.15, 0.2) is 12.1 Å². The highest BCUT2D eigenvalue weighted by Crippen LogP contribution is 2.29. The van der Waals surface area contributed by atoms with E-state index in [1.807, 2.05) is 6.07 Å². The minimum Gasteiger partial charge on any atom is -0.299 e. The topological polar surface area (TPSA) is 19.4 Å². The third-order valence-electron chi connectivity index (χ3n) is 4.49. The second kappa shape index (κ2) is 5.57. The molecule has 5 heteroatoms. The first-order valence-electron chi connectivity index (χ1n) is 6.88. The lowest BCUT2D eigenvalue weighted by molar-refractivity contribution is 0.213. The summed E-state index contributed by atoms with van der Waals surface area (Å²) >= 11 is 12.2. The van der Waals surface area contributed by atoms with Gasteiger partial charge < -0.3 is 0 Å². The number of nitrogens with zero attached hydrogens (tertiary/aromatic N) is 3. The van der Waals surface area contributed by atoms with Gasteiger partial charge in [0.25, 0.3) is 0 Å². The van der Waals surface area contributed by atoms with Crippen molar-refractivity contribution >= 4 is 23.2 Å². The quantitative estimate of drug-likeness (QED) is 0.783. The summed E-state index contributed by atoms with van der Waals surface area (Å²) in [5.74, 6) is 0. The smallest absolute Gasteiger partial charge is 0.129 e. The largest absolute Gasteiger partial charge is 0.299 e. The highest BCUT2D eigenvalue weighted by molar-refractivity contribution is 6.32. The van der Waals surface area contributed by atoms with Crippen LogP contribution in [0.3, 0.4) is 0 Å². The lowest BCUT2D eigenvalue weighted by atomic mass is 10.1. The summed E-state index contributed by atoms with van der Waals surface area (Å²) < 4.78 is 0. The van der Waals surface area contributed by atoms with Crippen LogP contribution in [0, 0.1) is 0 Å². The van der Waals surface area contributed by atoms with Gasteiger partial charge in [-0.1, -0.05) is 23.2 Å². The van der Waals surface area contributed by atoms with Gasteiger partial charge in [-0.15, -0.1) is 0 Å². The van der Waals surface area contributed by atoms with Gasteiger partial charge in [0.1, 0.15) is 5.15 Å². The Balaban J connectivity index is 1.72. The highest BCUT2D eigenvalue weighted by atomic mass is 35.5. The summed E-state index contributed by atoms with van der Waals surface area (Å²) in [5, 5.41) is 1.24. The van der Waals surface area contributed by atoms with Crippen LogP contribution in [-0.4, -0.2) is 47.0 Å². The van der Waals surface area contributed by atoms with Gasteiger partial charge in [-0.25, -0.2) is 4.98 Å². The SMILES string of the molecule is CN1C2CCC1CN(Cc1nc(Cl)ccc1Cl)CC2. The van der Waals surface area contributed by atoms with E-state index in [-0.39, 0.29) is 0 Å². The van der Waals surface area contributed by atoms with E-state index < -0.39 is 0 Å². The van der Waals surface area contributed by atoms with Gasteiger partial charge >= 0.3 is 0 Å². The maximum atomic E-state index is 6.21. The zero-order valence-corrected chi connectivity index (χ0v) is 12.7. The Morgan fingerprint density at radius 2 is 2.00 bits per heavy atom. The fourth-order valence-corrected chi connectivity index (χ4v) is 3.63. The molecule has 3 rings (SSSR count). The van der Waals surface area contributed by atoms with Gasteiger partial charge in [0.15, 0.2) is 0 Å². The molecule has 0 radical (unpaired) electrons. The number of pyridine rings is 1. The molecule has 0 spiro atoms. The van der Waals surface area contributed by atoms with E-state index >= 15 is 0 Å². The van der Waals surface area contributed by atoms with Crippen molar-refractivity contribution in [3.8, 4) is 0 Å². The van der Waals surface area contributed by atoms with Crippen molar-refractivity contribution in [3.05, 3.63) is 28.0 Å². The number of hydrogen-bond acceptors (Lipinski definition) is 3. The number of halogens is 2. The second-order valence-corrected chi connectivity index (χ2v) is 6.43. The third kappa shape index (κ3) is 2.89. The van der Waals surface area contributed by atoms with Gasteiger partial charge in [-0.3, -0.25) is 9.80 Å². The van der Waals surface area contributed by atoms with Crippen LogP contribution in [0.4, 0.5) is 0 Å². The van der Waals surface area contributed by atoms with Crippen molar-refractivity contribution < 1.29 is 0 Å². The molecule has 0 saturated carbocycles. The van der Waals surface area contributed by atoms with E-state index in [4.69, 9.17) is 23.2 Å². The molecular formula is C14H19Cl2N3. The van der Waals surface area contributed by atoms with Crippen LogP contribution in [0.25, 0.3) is 0 Å². The maximum absolute atomic E-state index is 6.21. The predicted octanol–water partition coefficient (Wildman–Crippen LogP) is 3.06. The van der Waals surface area contributed by atoms with Crippen LogP contribution in [-0.2, 0) is 6.54 Å². The predicted molar refractivity (Wildman–Crippen MR) is 78.7 cm³/mol. The van der Waals surface area contributed by atoms with Gasteiger partial charge in [0, 0.05) is 31.7 Å². The van der Waals surface area contributed by atoms with Crippen LogP contribution >= 0.6 is 23.2 Å². The lowest BCUT2D eigenvalue weighted by Crippen LogP contribution is -2.36. The van der Waals surface area contributed by atoms with Crippen molar-refractivity contribution in [2.45, 2.75) is 37.9 Å². The van der Waals surface area contributed by atoms with Crippen molar-refractivity contribution in [1.82, 2.24) is 14.8 Å². The molecule has 3 heterocycles. The standard InChI is InChI=1S/C14H19Cl2N3/c1-18-10-2-3-11(18)8-19(7-6-10)9-13-12(15)4-5-14(16)17-13/h4-5,10-11H,2-3,6-9H2,1H3. The summed E-state index contributed by atoms with van der Waals surface area (Å²) in [7, 11) is 2.26. The summed E-state index contributed by atoms with van der Waals surface area (Å²) in [4.78, 5) is 9.37. The highest BCUT2D eigenvalue weighted by Gasteiger charge is 2.34. The molecule has 2 aliphatic heterocycles. The fraction of sp³-hybridized carbons (Fsp3) is 0.643. The molecule has 2 atom stereocenters. The van der Waals surface area contributed by atoms with Crippen LogP contribution < -0.4 is 0 Å². The Bertz CT molecular complexity index is 466. The fourth-order valence-electron chi connectivity index (χ4n) is 3.30. The molecule has 0 N–H and O–H groups in total. The molecule has 0 aromatic carbocycles. The number of hydrogen-bond donors (Lipinski definition) is 0. The third-order valence-corrected chi connectivity index (χ3v) is 5.05. The normalized spacial score (nSPS) is 28.6. The molecule has 2 fully saturated rings. The van der Waals surface area contributed by atoms with E-state index in [0.29, 0.717) is 16.2 Å². The second-order valence-electron chi connectivity index (χ2n) is 5.64. The Morgan fingerprint density at radius 1 is 1.21 bits per heavy atom. The lowest BCUT2D eigenvalue weighted by Gasteiger charge is -2.25. The van der Waals surface area contributed by atoms with Crippen molar-refractivity contribution in [3.63, 3.8) is 0 Å². The van der Waals surface area contributed by atoms with Gasteiger partial charge in [-0.05, 0) is 38.4 Å². The molecule has 0 amide bonds. The molecule has 19 heavy (non-hydrogen) atoms. The molecule has 2 bridgehead atoms. The van der Waals surface area contributed by atoms with Crippen LogP contribution in [0.5, 0.6) is 0 Å². The van der Waals surface area contributed by atoms with E-state index in [0.717, 1.165) is 31.4 Å². The molecule has 0 aliphatic carbocycles. The Hall–Kier alpha value is -0.350. The van der Waals surface area contributed by atoms with E-state index in [1.54, 1.807) is 6.07 Å². The Labute approximate surface area is 124 Å². The minimum atomic E-state index is 0.521. The van der Waals surface area contributed by atoms with E-state index in [9.17, 15) is 0 Å². The van der Waals surface area contributed by atoms with Gasteiger partial charge in [0.05, 0.1) is 10.7 Å². The minimum absolute atomic E-state index is 0.521. The van der Waals surface area contributed by atoms with Crippen molar-refractivity contribution in [2.75, 3.05) is 20.1 Å². The number of rotatable bonds is 2. The molecule has 2 saturated heterocycles. The van der Waals surface area contributed by atoms with E-state index in [1.165, 1.54) is 19.3 Å². The number of fused-ring (bicyclic) bond motifs is 2. The summed E-state index contributed by atoms with van der Waals surface area (Å²) in [6.07, 6.45) is 3.91. The molecule has 2 unspecified atom stereocenters. The number of likely N-dealkylation sites (N-methyl/N-ethyl adjacent to an activating group) is 1. The molecule has 1 aromatic heterocycles. The molecule has 3 nitrogen and oxygen atoms in total. The Kier molecular flexibility index (Phi) is 3.99. The Morgan fingerprint density at radius 3 is 2.84 bits per heavy atom. The monoisotopic (exact) mass is 299 g/mol. The van der Waals surface area contributed by atoms with Crippen LogP contribution in [0.1, 0.15) is 25.0 Å². The van der Waals surface area contributed by atoms with Gasteiger partial charge in [-0.2, -0.15) is 0 Å². The first kappa shape index (κ1) is 13.6. The van der Waals surface area contributed by atoms with Crippen LogP contribution in [0.2, 0.25) is 10.2 Å². The first-order chi connectivity index (χ1) is 9.13. The summed E-state index contributed by atoms with van der Waals surface area (Å²) in [6, 6.07) is 5.02. The summed E-state index contributed by atoms with van der Waals surface area (Å²) in [6.45, 7) is 3.03. The molecule has 104 valence electrons. The zero-order chi connectivity index (χ0) is 13.4. The van der Waals surface area contributed by atoms with Gasteiger partial charge in [0.2, 0.25) is 0 Å². The van der Waals surface area contributed by atoms with Crippen molar-refractivity contribution in [2.24, 2.45) is 0 Å². The average molecular weight is 300 g/mol. The molecule has 1 aromatic rings. The number of aromatic nitrogens is 1. The zero-order valence-electron chi connectivity index (χ0n) is 11.1. The first-order valence-corrected chi connectivity index (χ1v) is 7.64. The molecule has 2 aliphatic rings. The average Bonchev–Trinajstić information content (AvgIpc) is 2.62. The molecular weight excluding hydrogens is 281 g/mol. The van der Waals surface area contributed by atoms with Crippen molar-refractivity contribution in [1.29, 1.82) is 0 Å². The van der Waals surface area contributed by atoms with E-state index in [2.05, 4.69) is 21.8 Å². The maximum Gasteiger partial charge on any atom is 0.129 e. The number of likely N-dealkylation sites (tertiary alicyclic amines) is 1. The summed E-state index contributed by atoms with van der Waals surface area (Å²) in [5.41, 5.74) is 0.898.